The van der Waals surface area contributed by atoms with Gasteiger partial charge in [0.05, 0.1) is 0 Å². The topological polar surface area (TPSA) is 12.0 Å². The predicted molar refractivity (Wildman–Crippen MR) is 85.5 cm³/mol. The summed E-state index contributed by atoms with van der Waals surface area (Å²) in [5, 5.41) is 5.49. The number of halogens is 1. The molecule has 2 rings (SSSR count). The average molecular weight is 291 g/mol. The lowest BCUT2D eigenvalue weighted by Gasteiger charge is -2.14. The van der Waals surface area contributed by atoms with Crippen LogP contribution in [0.25, 0.3) is 10.4 Å². The van der Waals surface area contributed by atoms with Crippen LogP contribution < -0.4 is 5.32 Å². The van der Waals surface area contributed by atoms with Crippen LogP contribution in [0.5, 0.6) is 0 Å². The van der Waals surface area contributed by atoms with Crippen molar-refractivity contribution in [1.82, 2.24) is 5.32 Å². The highest BCUT2D eigenvalue weighted by molar-refractivity contribution is 7.13. The van der Waals surface area contributed by atoms with Crippen molar-refractivity contribution in [2.24, 2.45) is 0 Å². The van der Waals surface area contributed by atoms with E-state index in [1.807, 2.05) is 29.6 Å². The van der Waals surface area contributed by atoms with Crippen LogP contribution in [0.2, 0.25) is 0 Å². The number of unbranched alkanes of at least 4 members (excludes halogenated alkanes) is 1. The number of nitrogens with one attached hydrogen (secondary N) is 1. The monoisotopic (exact) mass is 291 g/mol. The van der Waals surface area contributed by atoms with Crippen molar-refractivity contribution in [1.29, 1.82) is 0 Å². The lowest BCUT2D eigenvalue weighted by atomic mass is 10.1. The molecule has 0 amide bonds. The maximum atomic E-state index is 13.9. The summed E-state index contributed by atoms with van der Waals surface area (Å²) in [5.41, 5.74) is 1.85. The van der Waals surface area contributed by atoms with E-state index in [1.165, 1.54) is 19.3 Å². The third kappa shape index (κ3) is 4.15. The van der Waals surface area contributed by atoms with Gasteiger partial charge in [0.2, 0.25) is 0 Å². The first kappa shape index (κ1) is 15.2. The first-order chi connectivity index (χ1) is 9.70. The van der Waals surface area contributed by atoms with Gasteiger partial charge in [-0.15, -0.1) is 11.3 Å². The molecule has 1 aromatic heterocycles. The van der Waals surface area contributed by atoms with E-state index in [0.29, 0.717) is 11.6 Å². The molecule has 0 spiro atoms. The fourth-order valence-electron chi connectivity index (χ4n) is 2.21. The Morgan fingerprint density at radius 3 is 2.85 bits per heavy atom. The Bertz CT molecular complexity index is 522. The van der Waals surface area contributed by atoms with E-state index in [9.17, 15) is 4.39 Å². The SMILES string of the molecule is CCCCC(C)NCc1ccc(F)c(-c2cccs2)c1. The van der Waals surface area contributed by atoms with Gasteiger partial charge < -0.3 is 5.32 Å². The molecule has 20 heavy (non-hydrogen) atoms. The van der Waals surface area contributed by atoms with Crippen LogP contribution in [0.3, 0.4) is 0 Å². The summed E-state index contributed by atoms with van der Waals surface area (Å²) in [6, 6.07) is 9.82. The quantitative estimate of drug-likeness (QED) is 0.737. The van der Waals surface area contributed by atoms with Crippen LogP contribution in [0, 0.1) is 5.82 Å². The third-order valence-corrected chi connectivity index (χ3v) is 4.37. The predicted octanol–water partition coefficient (Wildman–Crippen LogP) is 5.22. The first-order valence-corrected chi connectivity index (χ1v) is 8.14. The van der Waals surface area contributed by atoms with Crippen molar-refractivity contribution in [3.8, 4) is 10.4 Å². The van der Waals surface area contributed by atoms with Gasteiger partial charge in [0, 0.05) is 23.0 Å². The Labute approximate surface area is 124 Å². The van der Waals surface area contributed by atoms with Crippen LogP contribution in [0.4, 0.5) is 4.39 Å². The summed E-state index contributed by atoms with van der Waals surface area (Å²) in [5.74, 6) is -0.143. The molecular weight excluding hydrogens is 269 g/mol. The van der Waals surface area contributed by atoms with Crippen LogP contribution in [-0.4, -0.2) is 6.04 Å². The normalized spacial score (nSPS) is 12.6. The largest absolute Gasteiger partial charge is 0.310 e. The van der Waals surface area contributed by atoms with Gasteiger partial charge in [-0.05, 0) is 42.5 Å². The molecule has 0 aliphatic heterocycles. The summed E-state index contributed by atoms with van der Waals surface area (Å²) >= 11 is 1.57. The summed E-state index contributed by atoms with van der Waals surface area (Å²) in [6.45, 7) is 5.21. The maximum absolute atomic E-state index is 13.9. The first-order valence-electron chi connectivity index (χ1n) is 7.26. The van der Waals surface area contributed by atoms with Gasteiger partial charge in [0.25, 0.3) is 0 Å². The molecule has 0 fully saturated rings. The van der Waals surface area contributed by atoms with E-state index < -0.39 is 0 Å². The molecule has 1 unspecified atom stereocenters. The molecule has 0 aliphatic carbocycles. The van der Waals surface area contributed by atoms with Gasteiger partial charge in [-0.2, -0.15) is 0 Å². The molecule has 0 saturated carbocycles. The van der Waals surface area contributed by atoms with Crippen molar-refractivity contribution >= 4 is 11.3 Å². The summed E-state index contributed by atoms with van der Waals surface area (Å²) in [6.07, 6.45) is 3.67. The van der Waals surface area contributed by atoms with Gasteiger partial charge in [0.15, 0.2) is 0 Å². The number of hydrogen-bond acceptors (Lipinski definition) is 2. The zero-order valence-corrected chi connectivity index (χ0v) is 13.0. The van der Waals surface area contributed by atoms with Gasteiger partial charge in [0.1, 0.15) is 5.82 Å². The van der Waals surface area contributed by atoms with E-state index in [4.69, 9.17) is 0 Å². The standard InChI is InChI=1S/C17H22FNS/c1-3-4-6-13(2)19-12-14-8-9-16(18)15(11-14)17-7-5-10-20-17/h5,7-11,13,19H,3-4,6,12H2,1-2H3. The van der Waals surface area contributed by atoms with Gasteiger partial charge in [-0.3, -0.25) is 0 Å². The lowest BCUT2D eigenvalue weighted by Crippen LogP contribution is -2.25. The Morgan fingerprint density at radius 1 is 1.30 bits per heavy atom. The molecule has 0 bridgehead atoms. The molecule has 2 aromatic rings. The highest BCUT2D eigenvalue weighted by Gasteiger charge is 2.08. The van der Waals surface area contributed by atoms with E-state index >= 15 is 0 Å². The molecule has 0 saturated heterocycles. The molecule has 1 aromatic carbocycles. The maximum Gasteiger partial charge on any atom is 0.131 e. The van der Waals surface area contributed by atoms with E-state index in [0.717, 1.165) is 17.0 Å². The van der Waals surface area contributed by atoms with Crippen LogP contribution in [0.15, 0.2) is 35.7 Å². The zero-order chi connectivity index (χ0) is 14.4. The summed E-state index contributed by atoms with van der Waals surface area (Å²) in [7, 11) is 0. The van der Waals surface area contributed by atoms with Crippen molar-refractivity contribution in [3.63, 3.8) is 0 Å². The number of rotatable bonds is 7. The molecular formula is C17H22FNS. The smallest absolute Gasteiger partial charge is 0.131 e. The minimum atomic E-state index is -0.143. The highest BCUT2D eigenvalue weighted by Crippen LogP contribution is 2.28. The number of thiophene rings is 1. The molecule has 108 valence electrons. The number of benzene rings is 1. The van der Waals surface area contributed by atoms with Crippen molar-refractivity contribution in [2.75, 3.05) is 0 Å². The third-order valence-electron chi connectivity index (χ3n) is 3.46. The fourth-order valence-corrected chi connectivity index (χ4v) is 2.95. The molecule has 1 N–H and O–H groups in total. The second-order valence-corrected chi connectivity index (χ2v) is 6.16. The van der Waals surface area contributed by atoms with Crippen molar-refractivity contribution in [2.45, 2.75) is 45.7 Å². The molecule has 1 nitrogen and oxygen atoms in total. The van der Waals surface area contributed by atoms with Crippen LogP contribution in [-0.2, 0) is 6.54 Å². The molecule has 1 heterocycles. The Hall–Kier alpha value is -1.19. The van der Waals surface area contributed by atoms with Gasteiger partial charge in [-0.25, -0.2) is 4.39 Å². The Balaban J connectivity index is 2.01. The van der Waals surface area contributed by atoms with Gasteiger partial charge in [-0.1, -0.05) is 31.9 Å². The van der Waals surface area contributed by atoms with Gasteiger partial charge >= 0.3 is 0 Å². The minimum absolute atomic E-state index is 0.143. The second-order valence-electron chi connectivity index (χ2n) is 5.22. The second kappa shape index (κ2) is 7.55. The minimum Gasteiger partial charge on any atom is -0.310 e. The lowest BCUT2D eigenvalue weighted by molar-refractivity contribution is 0.494. The number of hydrogen-bond donors (Lipinski definition) is 1. The molecule has 3 heteroatoms. The van der Waals surface area contributed by atoms with E-state index in [-0.39, 0.29) is 5.82 Å². The molecule has 0 radical (unpaired) electrons. The summed E-state index contributed by atoms with van der Waals surface area (Å²) < 4.78 is 13.9. The van der Waals surface area contributed by atoms with Crippen molar-refractivity contribution < 1.29 is 4.39 Å². The van der Waals surface area contributed by atoms with E-state index in [1.54, 1.807) is 17.4 Å². The highest BCUT2D eigenvalue weighted by atomic mass is 32.1. The Kier molecular flexibility index (Phi) is 5.74. The average Bonchev–Trinajstić information content (AvgIpc) is 2.98. The Morgan fingerprint density at radius 2 is 2.15 bits per heavy atom. The molecule has 0 aliphatic rings. The van der Waals surface area contributed by atoms with Crippen LogP contribution in [0.1, 0.15) is 38.7 Å². The van der Waals surface area contributed by atoms with Crippen molar-refractivity contribution in [3.05, 3.63) is 47.1 Å². The van der Waals surface area contributed by atoms with Crippen LogP contribution >= 0.6 is 11.3 Å². The molecule has 1 atom stereocenters. The fraction of sp³-hybridized carbons (Fsp3) is 0.412. The zero-order valence-electron chi connectivity index (χ0n) is 12.2. The van der Waals surface area contributed by atoms with E-state index in [2.05, 4.69) is 19.2 Å². The summed E-state index contributed by atoms with van der Waals surface area (Å²) in [4.78, 5) is 0.989.